The Hall–Kier alpha value is -0.380. The van der Waals surface area contributed by atoms with Gasteiger partial charge in [-0.25, -0.2) is 0 Å². The van der Waals surface area contributed by atoms with Gasteiger partial charge in [0, 0.05) is 24.2 Å². The fourth-order valence-electron chi connectivity index (χ4n) is 1.43. The van der Waals surface area contributed by atoms with Gasteiger partial charge in [-0.15, -0.1) is 0 Å². The minimum Gasteiger partial charge on any atom is -0.381 e. The topological polar surface area (TPSA) is 21.3 Å². The SMILES string of the molecule is CCCOCCCNCc1cccc(Br)c1. The van der Waals surface area contributed by atoms with Crippen LogP contribution in [0.2, 0.25) is 0 Å². The van der Waals surface area contributed by atoms with Crippen LogP contribution in [0, 0.1) is 0 Å². The van der Waals surface area contributed by atoms with E-state index in [1.165, 1.54) is 5.56 Å². The summed E-state index contributed by atoms with van der Waals surface area (Å²) in [6.45, 7) is 5.81. The first-order valence-corrected chi connectivity index (χ1v) is 6.65. The van der Waals surface area contributed by atoms with Gasteiger partial charge in [-0.1, -0.05) is 35.0 Å². The van der Waals surface area contributed by atoms with Crippen LogP contribution < -0.4 is 5.32 Å². The van der Waals surface area contributed by atoms with E-state index in [2.05, 4.69) is 46.4 Å². The summed E-state index contributed by atoms with van der Waals surface area (Å²) in [6, 6.07) is 8.37. The van der Waals surface area contributed by atoms with Crippen molar-refractivity contribution in [1.82, 2.24) is 5.32 Å². The van der Waals surface area contributed by atoms with Gasteiger partial charge >= 0.3 is 0 Å². The Balaban J connectivity index is 2.03. The lowest BCUT2D eigenvalue weighted by atomic mass is 10.2. The molecule has 1 rings (SSSR count). The lowest BCUT2D eigenvalue weighted by Gasteiger charge is -2.05. The molecule has 0 spiro atoms. The summed E-state index contributed by atoms with van der Waals surface area (Å²) in [7, 11) is 0. The normalized spacial score (nSPS) is 10.6. The molecular weight excluding hydrogens is 266 g/mol. The molecule has 0 radical (unpaired) electrons. The molecule has 1 aromatic rings. The van der Waals surface area contributed by atoms with Crippen molar-refractivity contribution < 1.29 is 4.74 Å². The van der Waals surface area contributed by atoms with Crippen molar-refractivity contribution in [2.24, 2.45) is 0 Å². The molecule has 0 unspecified atom stereocenters. The highest BCUT2D eigenvalue weighted by atomic mass is 79.9. The molecule has 2 nitrogen and oxygen atoms in total. The van der Waals surface area contributed by atoms with Crippen molar-refractivity contribution in [2.45, 2.75) is 26.3 Å². The molecule has 1 N–H and O–H groups in total. The zero-order chi connectivity index (χ0) is 11.6. The zero-order valence-electron chi connectivity index (χ0n) is 9.84. The first-order valence-electron chi connectivity index (χ1n) is 5.86. The van der Waals surface area contributed by atoms with E-state index in [1.807, 2.05) is 6.07 Å². The number of rotatable bonds is 8. The van der Waals surface area contributed by atoms with Crippen LogP contribution in [0.1, 0.15) is 25.3 Å². The molecule has 0 amide bonds. The molecule has 0 saturated heterocycles. The Labute approximate surface area is 107 Å². The van der Waals surface area contributed by atoms with Crippen molar-refractivity contribution >= 4 is 15.9 Å². The number of ether oxygens (including phenoxy) is 1. The third-order valence-electron chi connectivity index (χ3n) is 2.21. The zero-order valence-corrected chi connectivity index (χ0v) is 11.4. The minimum atomic E-state index is 0.860. The standard InChI is InChI=1S/C13H20BrNO/c1-2-8-16-9-4-7-15-11-12-5-3-6-13(14)10-12/h3,5-6,10,15H,2,4,7-9,11H2,1H3. The summed E-state index contributed by atoms with van der Waals surface area (Å²) in [5.41, 5.74) is 1.31. The van der Waals surface area contributed by atoms with Gasteiger partial charge in [0.2, 0.25) is 0 Å². The number of hydrogen-bond donors (Lipinski definition) is 1. The first kappa shape index (κ1) is 13.7. The smallest absolute Gasteiger partial charge is 0.0478 e. The van der Waals surface area contributed by atoms with E-state index in [1.54, 1.807) is 0 Å². The summed E-state index contributed by atoms with van der Waals surface area (Å²) in [6.07, 6.45) is 2.18. The summed E-state index contributed by atoms with van der Waals surface area (Å²) < 4.78 is 6.54. The van der Waals surface area contributed by atoms with Gasteiger partial charge in [0.1, 0.15) is 0 Å². The van der Waals surface area contributed by atoms with Crippen molar-refractivity contribution in [3.63, 3.8) is 0 Å². The average Bonchev–Trinajstić information content (AvgIpc) is 2.28. The molecule has 3 heteroatoms. The predicted octanol–water partition coefficient (Wildman–Crippen LogP) is 3.36. The van der Waals surface area contributed by atoms with E-state index in [4.69, 9.17) is 4.74 Å². The molecule has 0 heterocycles. The van der Waals surface area contributed by atoms with Crippen LogP contribution in [0.4, 0.5) is 0 Å². The maximum atomic E-state index is 5.41. The fraction of sp³-hybridized carbons (Fsp3) is 0.538. The lowest BCUT2D eigenvalue weighted by molar-refractivity contribution is 0.132. The second-order valence-corrected chi connectivity index (χ2v) is 4.69. The van der Waals surface area contributed by atoms with Crippen LogP contribution in [0.15, 0.2) is 28.7 Å². The number of benzene rings is 1. The second kappa shape index (κ2) is 8.74. The molecule has 0 fully saturated rings. The molecule has 0 aliphatic rings. The van der Waals surface area contributed by atoms with Crippen molar-refractivity contribution in [3.8, 4) is 0 Å². The Bertz CT molecular complexity index is 291. The van der Waals surface area contributed by atoms with Crippen molar-refractivity contribution in [2.75, 3.05) is 19.8 Å². The van der Waals surface area contributed by atoms with E-state index in [0.717, 1.165) is 43.6 Å². The molecule has 90 valence electrons. The minimum absolute atomic E-state index is 0.860. The summed E-state index contributed by atoms with van der Waals surface area (Å²) in [5.74, 6) is 0. The van der Waals surface area contributed by atoms with E-state index in [9.17, 15) is 0 Å². The van der Waals surface area contributed by atoms with Crippen LogP contribution in [0.5, 0.6) is 0 Å². The van der Waals surface area contributed by atoms with E-state index in [-0.39, 0.29) is 0 Å². The molecule has 0 saturated carbocycles. The molecule has 16 heavy (non-hydrogen) atoms. The Morgan fingerprint density at radius 1 is 1.31 bits per heavy atom. The Kier molecular flexibility index (Phi) is 7.47. The summed E-state index contributed by atoms with van der Waals surface area (Å²) in [5, 5.41) is 3.40. The Morgan fingerprint density at radius 2 is 2.19 bits per heavy atom. The van der Waals surface area contributed by atoms with Gasteiger partial charge in [-0.05, 0) is 37.1 Å². The van der Waals surface area contributed by atoms with Gasteiger partial charge in [-0.2, -0.15) is 0 Å². The fourth-order valence-corrected chi connectivity index (χ4v) is 1.87. The third kappa shape index (κ3) is 6.26. The van der Waals surface area contributed by atoms with E-state index in [0.29, 0.717) is 0 Å². The van der Waals surface area contributed by atoms with Gasteiger partial charge in [0.05, 0.1) is 0 Å². The van der Waals surface area contributed by atoms with Gasteiger partial charge < -0.3 is 10.1 Å². The summed E-state index contributed by atoms with van der Waals surface area (Å²) >= 11 is 3.47. The largest absolute Gasteiger partial charge is 0.381 e. The second-order valence-electron chi connectivity index (χ2n) is 3.77. The maximum Gasteiger partial charge on any atom is 0.0478 e. The third-order valence-corrected chi connectivity index (χ3v) is 2.70. The summed E-state index contributed by atoms with van der Waals surface area (Å²) in [4.78, 5) is 0. The van der Waals surface area contributed by atoms with Gasteiger partial charge in [0.15, 0.2) is 0 Å². The van der Waals surface area contributed by atoms with Crippen molar-refractivity contribution in [3.05, 3.63) is 34.3 Å². The molecule has 0 aliphatic heterocycles. The van der Waals surface area contributed by atoms with Crippen LogP contribution >= 0.6 is 15.9 Å². The molecular formula is C13H20BrNO. The first-order chi connectivity index (χ1) is 7.83. The maximum absolute atomic E-state index is 5.41. The molecule has 0 aromatic heterocycles. The van der Waals surface area contributed by atoms with Crippen LogP contribution in [0.3, 0.4) is 0 Å². The Morgan fingerprint density at radius 3 is 2.94 bits per heavy atom. The lowest BCUT2D eigenvalue weighted by Crippen LogP contribution is -2.16. The highest BCUT2D eigenvalue weighted by Gasteiger charge is 1.93. The number of hydrogen-bond acceptors (Lipinski definition) is 2. The van der Waals surface area contributed by atoms with Gasteiger partial charge in [0.25, 0.3) is 0 Å². The number of halogens is 1. The molecule has 0 atom stereocenters. The monoisotopic (exact) mass is 285 g/mol. The average molecular weight is 286 g/mol. The van der Waals surface area contributed by atoms with E-state index < -0.39 is 0 Å². The van der Waals surface area contributed by atoms with Crippen molar-refractivity contribution in [1.29, 1.82) is 0 Å². The quantitative estimate of drug-likeness (QED) is 0.740. The predicted molar refractivity (Wildman–Crippen MR) is 71.6 cm³/mol. The highest BCUT2D eigenvalue weighted by Crippen LogP contribution is 2.11. The van der Waals surface area contributed by atoms with E-state index >= 15 is 0 Å². The highest BCUT2D eigenvalue weighted by molar-refractivity contribution is 9.10. The van der Waals surface area contributed by atoms with Crippen LogP contribution in [-0.2, 0) is 11.3 Å². The molecule has 0 aliphatic carbocycles. The van der Waals surface area contributed by atoms with Crippen LogP contribution in [0.25, 0.3) is 0 Å². The number of nitrogens with one attached hydrogen (secondary N) is 1. The molecule has 1 aromatic carbocycles. The molecule has 0 bridgehead atoms. The van der Waals surface area contributed by atoms with Gasteiger partial charge in [-0.3, -0.25) is 0 Å². The van der Waals surface area contributed by atoms with Crippen LogP contribution in [-0.4, -0.2) is 19.8 Å².